The van der Waals surface area contributed by atoms with Crippen LogP contribution < -0.4 is 15.6 Å². The fourth-order valence-electron chi connectivity index (χ4n) is 12.3. The Kier molecular flexibility index (Phi) is 16.1. The van der Waals surface area contributed by atoms with Crippen molar-refractivity contribution in [1.82, 2.24) is 40.1 Å². The van der Waals surface area contributed by atoms with E-state index in [0.717, 1.165) is 94.4 Å². The predicted molar refractivity (Wildman–Crippen MR) is 286 cm³/mol. The number of anilines is 1. The lowest BCUT2D eigenvalue weighted by molar-refractivity contribution is -0.156. The smallest absolute Gasteiger partial charge is 0.324 e. The van der Waals surface area contributed by atoms with Gasteiger partial charge in [-0.25, -0.2) is 10.4 Å². The van der Waals surface area contributed by atoms with E-state index in [1.165, 1.54) is 11.3 Å². The average Bonchev–Trinajstić information content (AvgIpc) is 3.71. The van der Waals surface area contributed by atoms with Gasteiger partial charge in [0, 0.05) is 111 Å². The first-order valence-corrected chi connectivity index (χ1v) is 28.2. The van der Waals surface area contributed by atoms with Gasteiger partial charge in [-0.05, 0) is 87.6 Å². The number of likely N-dealkylation sites (N-methyl/N-ethyl adjacent to an activating group) is 1. The molecule has 5 aliphatic heterocycles. The number of hydrazine groups is 1. The Hall–Kier alpha value is -4.53. The van der Waals surface area contributed by atoms with E-state index in [1.807, 2.05) is 6.20 Å². The molecule has 5 fully saturated rings. The zero-order chi connectivity index (χ0) is 51.8. The molecule has 4 saturated heterocycles. The topological polar surface area (TPSA) is 165 Å². The average molecular weight is 1040 g/mol. The molecular formula is C56H79N9O8S. The lowest BCUT2D eigenvalue weighted by Crippen LogP contribution is -2.63. The van der Waals surface area contributed by atoms with Gasteiger partial charge in [0.05, 0.1) is 73.6 Å². The molecule has 6 aliphatic rings. The number of methoxy groups -OCH3 is 1. The van der Waals surface area contributed by atoms with Crippen LogP contribution in [0.15, 0.2) is 35.8 Å². The molecule has 1 saturated carbocycles. The highest BCUT2D eigenvalue weighted by molar-refractivity contribution is 7.10. The number of rotatable bonds is 12. The van der Waals surface area contributed by atoms with E-state index >= 15 is 4.79 Å². The first-order valence-electron chi connectivity index (χ1n) is 27.3. The summed E-state index contributed by atoms with van der Waals surface area (Å²) in [6, 6.07) is 6.59. The van der Waals surface area contributed by atoms with Crippen molar-refractivity contribution in [1.29, 1.82) is 0 Å². The van der Waals surface area contributed by atoms with Crippen molar-refractivity contribution in [2.75, 3.05) is 105 Å². The number of hydrogen-bond donors (Lipinski definition) is 2. The minimum Gasteiger partial charge on any atom is -0.464 e. The van der Waals surface area contributed by atoms with Gasteiger partial charge in [0.25, 0.3) is 5.91 Å². The third kappa shape index (κ3) is 11.2. The Morgan fingerprint density at radius 1 is 0.986 bits per heavy atom. The van der Waals surface area contributed by atoms with Crippen molar-refractivity contribution in [3.8, 4) is 22.5 Å². The van der Waals surface area contributed by atoms with Crippen LogP contribution in [-0.4, -0.2) is 165 Å². The normalized spacial score (nSPS) is 27.0. The molecular weight excluding hydrogens is 959 g/mol. The van der Waals surface area contributed by atoms with Crippen LogP contribution in [0, 0.1) is 29.1 Å². The predicted octanol–water partition coefficient (Wildman–Crippen LogP) is 6.50. The molecule has 10 rings (SSSR count). The number of nitrogens with zero attached hydrogens (tertiary/aromatic N) is 7. The van der Waals surface area contributed by atoms with Gasteiger partial charge in [0.2, 0.25) is 5.91 Å². The number of cyclic esters (lactones) is 1. The second kappa shape index (κ2) is 22.6. The summed E-state index contributed by atoms with van der Waals surface area (Å²) in [6.45, 7) is 21.6. The number of amides is 2. The van der Waals surface area contributed by atoms with Crippen LogP contribution in [-0.2, 0) is 51.0 Å². The lowest BCUT2D eigenvalue weighted by Gasteiger charge is -2.41. The van der Waals surface area contributed by atoms with E-state index in [9.17, 15) is 9.59 Å². The van der Waals surface area contributed by atoms with E-state index in [1.54, 1.807) is 12.1 Å². The molecule has 402 valence electrons. The van der Waals surface area contributed by atoms with Crippen molar-refractivity contribution in [2.24, 2.45) is 29.1 Å². The number of aromatic nitrogens is 3. The standard InChI is InChI=1S/C56H79N9O8S/c1-34(2)46-35(3)47(46)52(66)59-49-51(63-20-25-71-26-21-63)53-58-44(32-74-53)37-11-12-45-40(28-37)42(30-56(5,6)33-73-55(68)43-10-9-15-65(60-43)54(49)67)50(64(45)22-27-72-39-13-23-70-24-14-39)41-29-38(31-57-48(41)36(4)69-8)62-18-16-61(7)17-19-62/h11-12,28-29,31-32,34-36,39,43,46-47,49,51,60H,9-10,13-27,30,33H2,1-8H3,(H,59,66)/t35-,36-,43-,46+,47+,49-,51-/m0/s1. The summed E-state index contributed by atoms with van der Waals surface area (Å²) in [7, 11) is 3.91. The van der Waals surface area contributed by atoms with Crippen molar-refractivity contribution < 1.29 is 38.1 Å². The molecule has 4 aromatic rings. The molecule has 8 heterocycles. The summed E-state index contributed by atoms with van der Waals surface area (Å²) in [4.78, 5) is 61.8. The molecule has 2 amide bonds. The SMILES string of the molecule is CO[C@@H](C)c1ncc(N2CCN(C)CC2)cc1-c1c2c3cc(ccc3n1CCOC1CCOCC1)-c1csc(n1)[C@@H](N1CCOCC1)[C@H](NC(=O)[C@@H]1[C@@H](C)[C@H]1C(C)C)C(=O)N1CCC[C@H](N1)C(=O)OCC(C)(C)C2. The van der Waals surface area contributed by atoms with Gasteiger partial charge >= 0.3 is 5.97 Å². The number of ether oxygens (including phenoxy) is 5. The van der Waals surface area contributed by atoms with E-state index in [2.05, 4.69) is 108 Å². The third-order valence-electron chi connectivity index (χ3n) is 16.7. The zero-order valence-electron chi connectivity index (χ0n) is 44.9. The Morgan fingerprint density at radius 3 is 2.47 bits per heavy atom. The monoisotopic (exact) mass is 1040 g/mol. The Balaban J connectivity index is 1.14. The van der Waals surface area contributed by atoms with Crippen LogP contribution in [0.2, 0.25) is 0 Å². The number of carbonyl (C=O) groups is 3. The van der Waals surface area contributed by atoms with Gasteiger partial charge in [-0.2, -0.15) is 0 Å². The highest BCUT2D eigenvalue weighted by atomic mass is 32.1. The minimum atomic E-state index is -0.992. The number of hydrogen-bond acceptors (Lipinski definition) is 15. The third-order valence-corrected chi connectivity index (χ3v) is 17.6. The van der Waals surface area contributed by atoms with Crippen molar-refractivity contribution in [3.05, 3.63) is 52.1 Å². The largest absolute Gasteiger partial charge is 0.464 e. The number of carbonyl (C=O) groups excluding carboxylic acids is 3. The summed E-state index contributed by atoms with van der Waals surface area (Å²) in [5.41, 5.74) is 10.6. The molecule has 74 heavy (non-hydrogen) atoms. The van der Waals surface area contributed by atoms with Crippen LogP contribution in [0.4, 0.5) is 5.69 Å². The molecule has 2 N–H and O–H groups in total. The van der Waals surface area contributed by atoms with E-state index in [-0.39, 0.29) is 48.4 Å². The number of morpholine rings is 1. The van der Waals surface area contributed by atoms with Gasteiger partial charge in [0.15, 0.2) is 0 Å². The second-order valence-electron chi connectivity index (χ2n) is 22.8. The van der Waals surface area contributed by atoms with Crippen LogP contribution in [0.3, 0.4) is 0 Å². The number of fused-ring (bicyclic) bond motifs is 6. The van der Waals surface area contributed by atoms with Crippen LogP contribution in [0.5, 0.6) is 0 Å². The van der Waals surface area contributed by atoms with Gasteiger partial charge in [0.1, 0.15) is 17.1 Å². The summed E-state index contributed by atoms with van der Waals surface area (Å²) in [5.74, 6) is -0.256. The number of esters is 1. The Labute approximate surface area is 440 Å². The van der Waals surface area contributed by atoms with Crippen LogP contribution >= 0.6 is 11.3 Å². The highest BCUT2D eigenvalue weighted by Crippen LogP contribution is 2.51. The minimum absolute atomic E-state index is 0.120. The van der Waals surface area contributed by atoms with Crippen molar-refractivity contribution in [2.45, 2.75) is 111 Å². The molecule has 0 radical (unpaired) electrons. The molecule has 6 bridgehead atoms. The summed E-state index contributed by atoms with van der Waals surface area (Å²) < 4.78 is 33.1. The maximum atomic E-state index is 15.3. The molecule has 0 spiro atoms. The first-order chi connectivity index (χ1) is 35.7. The number of benzene rings is 1. The van der Waals surface area contributed by atoms with Crippen LogP contribution in [0.1, 0.15) is 95.6 Å². The van der Waals surface area contributed by atoms with Crippen LogP contribution in [0.25, 0.3) is 33.4 Å². The highest BCUT2D eigenvalue weighted by Gasteiger charge is 2.54. The first kappa shape index (κ1) is 52.9. The molecule has 0 unspecified atom stereocenters. The number of nitrogens with one attached hydrogen (secondary N) is 2. The molecule has 7 atom stereocenters. The van der Waals surface area contributed by atoms with Crippen molar-refractivity contribution in [3.63, 3.8) is 0 Å². The number of thiazole rings is 1. The fourth-order valence-corrected chi connectivity index (χ4v) is 13.3. The molecule has 18 heteroatoms. The van der Waals surface area contributed by atoms with E-state index in [4.69, 9.17) is 33.7 Å². The molecule has 1 aliphatic carbocycles. The Morgan fingerprint density at radius 2 is 1.74 bits per heavy atom. The lowest BCUT2D eigenvalue weighted by atomic mass is 9.84. The Bertz CT molecular complexity index is 2640. The van der Waals surface area contributed by atoms with Gasteiger partial charge in [-0.1, -0.05) is 40.7 Å². The number of piperazine rings is 1. The summed E-state index contributed by atoms with van der Waals surface area (Å²) in [5, 5.41) is 8.76. The van der Waals surface area contributed by atoms with E-state index in [0.29, 0.717) is 84.4 Å². The maximum absolute atomic E-state index is 15.3. The quantitative estimate of drug-likeness (QED) is 0.148. The molecule has 17 nitrogen and oxygen atoms in total. The fraction of sp³-hybridized carbons (Fsp3) is 0.661. The summed E-state index contributed by atoms with van der Waals surface area (Å²) in [6.07, 6.45) is 5.20. The maximum Gasteiger partial charge on any atom is 0.324 e. The van der Waals surface area contributed by atoms with Gasteiger partial charge in [-0.3, -0.25) is 29.3 Å². The molecule has 3 aromatic heterocycles. The van der Waals surface area contributed by atoms with Crippen molar-refractivity contribution >= 4 is 45.7 Å². The number of pyridine rings is 1. The molecule has 1 aromatic carbocycles. The second-order valence-corrected chi connectivity index (χ2v) is 23.7. The summed E-state index contributed by atoms with van der Waals surface area (Å²) >= 11 is 1.51. The zero-order valence-corrected chi connectivity index (χ0v) is 45.7. The van der Waals surface area contributed by atoms with Gasteiger partial charge < -0.3 is 43.4 Å². The van der Waals surface area contributed by atoms with Gasteiger partial charge in [-0.15, -0.1) is 11.3 Å². The van der Waals surface area contributed by atoms with E-state index < -0.39 is 29.5 Å².